The Balaban J connectivity index is 0.00000182. The molecule has 6 heteroatoms. The highest BCUT2D eigenvalue weighted by molar-refractivity contribution is 7.89. The first kappa shape index (κ1) is 19.2. The molecule has 2 aliphatic heterocycles. The van der Waals surface area contributed by atoms with Crippen LogP contribution in [0.3, 0.4) is 0 Å². The van der Waals surface area contributed by atoms with E-state index in [9.17, 15) is 8.42 Å². The molecule has 1 unspecified atom stereocenters. The van der Waals surface area contributed by atoms with Gasteiger partial charge in [0, 0.05) is 19.6 Å². The van der Waals surface area contributed by atoms with Crippen LogP contribution in [0.1, 0.15) is 56.4 Å². The zero-order valence-electron chi connectivity index (χ0n) is 14.7. The Bertz CT molecular complexity index is 678. The van der Waals surface area contributed by atoms with Crippen LogP contribution in [0.15, 0.2) is 29.2 Å². The molecule has 2 saturated heterocycles. The smallest absolute Gasteiger partial charge is 0.243 e. The summed E-state index contributed by atoms with van der Waals surface area (Å²) in [6, 6.07) is 7.76. The minimum Gasteiger partial charge on any atom is -0.316 e. The quantitative estimate of drug-likeness (QED) is 0.867. The van der Waals surface area contributed by atoms with Gasteiger partial charge in [0.15, 0.2) is 0 Å². The second-order valence-electron chi connectivity index (χ2n) is 7.92. The molecule has 4 rings (SSSR count). The summed E-state index contributed by atoms with van der Waals surface area (Å²) in [4.78, 5) is 0.463. The van der Waals surface area contributed by atoms with Crippen LogP contribution in [0.25, 0.3) is 0 Å². The number of nitrogens with one attached hydrogen (secondary N) is 1. The van der Waals surface area contributed by atoms with Gasteiger partial charge in [0.25, 0.3) is 0 Å². The largest absolute Gasteiger partial charge is 0.316 e. The molecule has 1 saturated carbocycles. The Morgan fingerprint density at radius 1 is 1.04 bits per heavy atom. The molecule has 1 aromatic carbocycles. The molecule has 4 nitrogen and oxygen atoms in total. The lowest BCUT2D eigenvalue weighted by atomic mass is 9.84. The maximum Gasteiger partial charge on any atom is 0.243 e. The van der Waals surface area contributed by atoms with Crippen molar-refractivity contribution in [3.63, 3.8) is 0 Å². The Morgan fingerprint density at radius 3 is 2.40 bits per heavy atom. The molecule has 2 heterocycles. The van der Waals surface area contributed by atoms with Crippen LogP contribution in [0, 0.1) is 5.41 Å². The maximum atomic E-state index is 13.0. The summed E-state index contributed by atoms with van der Waals surface area (Å²) in [6.07, 6.45) is 8.51. The van der Waals surface area contributed by atoms with Crippen molar-refractivity contribution in [1.82, 2.24) is 9.62 Å². The molecule has 1 spiro atoms. The summed E-state index contributed by atoms with van der Waals surface area (Å²) in [7, 11) is -3.34. The third-order valence-electron chi connectivity index (χ3n) is 6.33. The van der Waals surface area contributed by atoms with Crippen LogP contribution < -0.4 is 5.32 Å². The van der Waals surface area contributed by atoms with Crippen LogP contribution in [0.2, 0.25) is 0 Å². The normalized spacial score (nSPS) is 28.3. The van der Waals surface area contributed by atoms with Crippen molar-refractivity contribution < 1.29 is 8.42 Å². The molecule has 0 aromatic heterocycles. The van der Waals surface area contributed by atoms with Gasteiger partial charge in [0.1, 0.15) is 0 Å². The van der Waals surface area contributed by atoms with Crippen LogP contribution in [-0.4, -0.2) is 38.9 Å². The lowest BCUT2D eigenvalue weighted by Crippen LogP contribution is -2.33. The number of halogens is 1. The van der Waals surface area contributed by atoms with Gasteiger partial charge in [-0.25, -0.2) is 8.42 Å². The summed E-state index contributed by atoms with van der Waals surface area (Å²) in [5.74, 6) is 0.620. The van der Waals surface area contributed by atoms with Crippen molar-refractivity contribution in [3.05, 3.63) is 29.8 Å². The summed E-state index contributed by atoms with van der Waals surface area (Å²) < 4.78 is 27.6. The van der Waals surface area contributed by atoms with Gasteiger partial charge in [-0.15, -0.1) is 12.4 Å². The number of benzene rings is 1. The Labute approximate surface area is 157 Å². The van der Waals surface area contributed by atoms with Gasteiger partial charge in [0.05, 0.1) is 4.90 Å². The maximum absolute atomic E-state index is 13.0. The molecule has 0 bridgehead atoms. The van der Waals surface area contributed by atoms with E-state index in [4.69, 9.17) is 0 Å². The average molecular weight is 385 g/mol. The van der Waals surface area contributed by atoms with Gasteiger partial charge in [0.2, 0.25) is 10.0 Å². The van der Waals surface area contributed by atoms with Gasteiger partial charge in [-0.05, 0) is 61.3 Å². The minimum atomic E-state index is -3.34. The van der Waals surface area contributed by atoms with Crippen molar-refractivity contribution in [3.8, 4) is 0 Å². The van der Waals surface area contributed by atoms with Gasteiger partial charge in [-0.2, -0.15) is 4.31 Å². The summed E-state index contributed by atoms with van der Waals surface area (Å²) in [5.41, 5.74) is 1.49. The van der Waals surface area contributed by atoms with Gasteiger partial charge in [-0.3, -0.25) is 0 Å². The fourth-order valence-electron chi connectivity index (χ4n) is 4.74. The van der Waals surface area contributed by atoms with Crippen LogP contribution in [0.5, 0.6) is 0 Å². The zero-order chi connectivity index (χ0) is 16.6. The Kier molecular flexibility index (Phi) is 5.78. The van der Waals surface area contributed by atoms with E-state index in [0.717, 1.165) is 25.9 Å². The molecular formula is C19H29ClN2O2S. The second-order valence-corrected chi connectivity index (χ2v) is 9.86. The third-order valence-corrected chi connectivity index (χ3v) is 8.19. The highest BCUT2D eigenvalue weighted by Gasteiger charge is 2.44. The van der Waals surface area contributed by atoms with Gasteiger partial charge in [-0.1, -0.05) is 31.4 Å². The molecule has 1 aromatic rings. The summed E-state index contributed by atoms with van der Waals surface area (Å²) >= 11 is 0. The Hall–Kier alpha value is -0.620. The fraction of sp³-hybridized carbons (Fsp3) is 0.684. The lowest BCUT2D eigenvalue weighted by Gasteiger charge is -2.24. The number of rotatable bonds is 3. The molecule has 1 atom stereocenters. The van der Waals surface area contributed by atoms with Crippen LogP contribution in [0.4, 0.5) is 0 Å². The van der Waals surface area contributed by atoms with Crippen molar-refractivity contribution >= 4 is 22.4 Å². The molecule has 0 radical (unpaired) electrons. The first-order chi connectivity index (χ1) is 11.6. The number of hydrogen-bond acceptors (Lipinski definition) is 3. The Morgan fingerprint density at radius 2 is 1.76 bits per heavy atom. The molecule has 140 valence electrons. The topological polar surface area (TPSA) is 49.4 Å². The highest BCUT2D eigenvalue weighted by atomic mass is 35.5. The zero-order valence-corrected chi connectivity index (χ0v) is 16.4. The first-order valence-corrected chi connectivity index (χ1v) is 10.8. The predicted octanol–water partition coefficient (Wildman–Crippen LogP) is 3.53. The number of nitrogens with zero attached hydrogens (tertiary/aromatic N) is 1. The van der Waals surface area contributed by atoms with Crippen LogP contribution in [-0.2, 0) is 10.0 Å². The van der Waals surface area contributed by atoms with E-state index in [1.165, 1.54) is 37.7 Å². The third kappa shape index (κ3) is 3.75. The minimum absolute atomic E-state index is 0. The van der Waals surface area contributed by atoms with E-state index in [-0.39, 0.29) is 17.8 Å². The van der Waals surface area contributed by atoms with E-state index in [1.807, 2.05) is 24.3 Å². The lowest BCUT2D eigenvalue weighted by molar-refractivity contribution is 0.338. The fourth-order valence-corrected chi connectivity index (χ4v) is 6.29. The predicted molar refractivity (Wildman–Crippen MR) is 103 cm³/mol. The molecule has 3 aliphatic rings. The highest BCUT2D eigenvalue weighted by Crippen LogP contribution is 2.39. The molecular weight excluding hydrogens is 356 g/mol. The van der Waals surface area contributed by atoms with E-state index in [1.54, 1.807) is 4.31 Å². The monoisotopic (exact) mass is 384 g/mol. The van der Waals surface area contributed by atoms with E-state index >= 15 is 0 Å². The number of sulfonamides is 1. The molecule has 3 fully saturated rings. The second kappa shape index (κ2) is 7.55. The van der Waals surface area contributed by atoms with Crippen molar-refractivity contribution in [2.45, 2.75) is 55.8 Å². The molecule has 1 N–H and O–H groups in total. The standard InChI is InChI=1S/C19H28N2O2S.ClH/c22-24(23,21-13-11-19(15-21)10-12-20-14-19)18-8-6-17(7-9-18)16-4-2-1-3-5-16;/h6-9,16,20H,1-5,10-15H2;1H. The SMILES string of the molecule is Cl.O=S(=O)(c1ccc(C2CCCCC2)cc1)N1CCC2(CCNC2)C1. The average Bonchev–Trinajstić information content (AvgIpc) is 3.26. The van der Waals surface area contributed by atoms with Gasteiger partial charge >= 0.3 is 0 Å². The first-order valence-electron chi connectivity index (χ1n) is 9.40. The van der Waals surface area contributed by atoms with Crippen LogP contribution >= 0.6 is 12.4 Å². The molecule has 1 aliphatic carbocycles. The van der Waals surface area contributed by atoms with E-state index in [2.05, 4.69) is 5.32 Å². The summed E-state index contributed by atoms with van der Waals surface area (Å²) in [5, 5.41) is 3.39. The molecule has 25 heavy (non-hydrogen) atoms. The van der Waals surface area contributed by atoms with E-state index < -0.39 is 10.0 Å². The van der Waals surface area contributed by atoms with Gasteiger partial charge < -0.3 is 5.32 Å². The van der Waals surface area contributed by atoms with Crippen molar-refractivity contribution in [2.75, 3.05) is 26.2 Å². The van der Waals surface area contributed by atoms with E-state index in [0.29, 0.717) is 23.9 Å². The summed E-state index contributed by atoms with van der Waals surface area (Å²) in [6.45, 7) is 3.31. The number of hydrogen-bond donors (Lipinski definition) is 1. The van der Waals surface area contributed by atoms with Crippen molar-refractivity contribution in [2.24, 2.45) is 5.41 Å². The molecule has 0 amide bonds. The van der Waals surface area contributed by atoms with Crippen molar-refractivity contribution in [1.29, 1.82) is 0 Å².